The molecule has 4 nitrogen and oxygen atoms in total. The van der Waals surface area contributed by atoms with Gasteiger partial charge < -0.3 is 10.6 Å². The van der Waals surface area contributed by atoms with E-state index < -0.39 is 0 Å². The predicted octanol–water partition coefficient (Wildman–Crippen LogP) is 3.89. The highest BCUT2D eigenvalue weighted by molar-refractivity contribution is 14.1. The molecular weight excluding hydrogens is 391 g/mol. The maximum absolute atomic E-state index is 12.2. The molecule has 5 heteroatoms. The van der Waals surface area contributed by atoms with E-state index in [4.69, 9.17) is 0 Å². The molecule has 1 aliphatic carbocycles. The first-order valence-corrected chi connectivity index (χ1v) is 8.17. The SMILES string of the molecule is O=C(Nc1cccc(NC(=O)C2CC2)c1)c1ccc(I)cc1. The second-order valence-electron chi connectivity index (χ2n) is 5.31. The normalized spacial score (nSPS) is 13.5. The van der Waals surface area contributed by atoms with Crippen LogP contribution in [0.5, 0.6) is 0 Å². The first-order chi connectivity index (χ1) is 10.6. The first-order valence-electron chi connectivity index (χ1n) is 7.10. The number of rotatable bonds is 4. The van der Waals surface area contributed by atoms with Gasteiger partial charge >= 0.3 is 0 Å². The molecule has 1 fully saturated rings. The summed E-state index contributed by atoms with van der Waals surface area (Å²) in [7, 11) is 0. The van der Waals surface area contributed by atoms with E-state index in [0.717, 1.165) is 16.4 Å². The maximum Gasteiger partial charge on any atom is 0.255 e. The summed E-state index contributed by atoms with van der Waals surface area (Å²) in [4.78, 5) is 23.9. The van der Waals surface area contributed by atoms with Gasteiger partial charge in [0.15, 0.2) is 0 Å². The lowest BCUT2D eigenvalue weighted by atomic mass is 10.2. The van der Waals surface area contributed by atoms with Crippen molar-refractivity contribution in [3.05, 3.63) is 57.7 Å². The van der Waals surface area contributed by atoms with Crippen LogP contribution >= 0.6 is 22.6 Å². The summed E-state index contributed by atoms with van der Waals surface area (Å²) in [6.07, 6.45) is 1.93. The number of benzene rings is 2. The molecule has 3 rings (SSSR count). The molecule has 0 aromatic heterocycles. The van der Waals surface area contributed by atoms with Crippen LogP contribution in [0, 0.1) is 9.49 Å². The van der Waals surface area contributed by atoms with Crippen molar-refractivity contribution in [2.75, 3.05) is 10.6 Å². The molecule has 2 amide bonds. The van der Waals surface area contributed by atoms with Gasteiger partial charge in [0.25, 0.3) is 5.91 Å². The molecule has 112 valence electrons. The van der Waals surface area contributed by atoms with Crippen LogP contribution in [0.2, 0.25) is 0 Å². The fourth-order valence-corrected chi connectivity index (χ4v) is 2.43. The van der Waals surface area contributed by atoms with Crippen molar-refractivity contribution in [2.24, 2.45) is 5.92 Å². The van der Waals surface area contributed by atoms with Crippen molar-refractivity contribution in [3.63, 3.8) is 0 Å². The molecule has 2 aromatic rings. The highest BCUT2D eigenvalue weighted by Crippen LogP contribution is 2.30. The number of amides is 2. The van der Waals surface area contributed by atoms with Gasteiger partial charge in [-0.15, -0.1) is 0 Å². The summed E-state index contributed by atoms with van der Waals surface area (Å²) in [5.41, 5.74) is 1.97. The standard InChI is InChI=1S/C17H15IN2O2/c18-13-8-6-12(7-9-13)17(22)20-15-3-1-2-14(10-15)19-16(21)11-4-5-11/h1-3,6-11H,4-5H2,(H,19,21)(H,20,22). The van der Waals surface area contributed by atoms with Gasteiger partial charge in [0, 0.05) is 26.4 Å². The van der Waals surface area contributed by atoms with Crippen molar-refractivity contribution in [3.8, 4) is 0 Å². The summed E-state index contributed by atoms with van der Waals surface area (Å²) in [6.45, 7) is 0. The summed E-state index contributed by atoms with van der Waals surface area (Å²) in [5.74, 6) is 0.0493. The third-order valence-corrected chi connectivity index (χ3v) is 4.16. The second kappa shape index (κ2) is 6.48. The van der Waals surface area contributed by atoms with E-state index in [0.29, 0.717) is 16.9 Å². The topological polar surface area (TPSA) is 58.2 Å². The number of hydrogen-bond acceptors (Lipinski definition) is 2. The van der Waals surface area contributed by atoms with Gasteiger partial charge in [0.1, 0.15) is 0 Å². The number of nitrogens with one attached hydrogen (secondary N) is 2. The van der Waals surface area contributed by atoms with Gasteiger partial charge in [0.2, 0.25) is 5.91 Å². The maximum atomic E-state index is 12.2. The molecule has 0 spiro atoms. The van der Waals surface area contributed by atoms with Crippen LogP contribution in [0.4, 0.5) is 11.4 Å². The monoisotopic (exact) mass is 406 g/mol. The van der Waals surface area contributed by atoms with E-state index in [2.05, 4.69) is 33.2 Å². The largest absolute Gasteiger partial charge is 0.326 e. The number of halogens is 1. The lowest BCUT2D eigenvalue weighted by Gasteiger charge is -2.09. The Hall–Kier alpha value is -1.89. The molecule has 1 aliphatic rings. The average Bonchev–Trinajstić information content (AvgIpc) is 3.33. The molecular formula is C17H15IN2O2. The van der Waals surface area contributed by atoms with E-state index >= 15 is 0 Å². The first kappa shape index (κ1) is 15.0. The van der Waals surface area contributed by atoms with Crippen LogP contribution in [0.15, 0.2) is 48.5 Å². The van der Waals surface area contributed by atoms with Crippen molar-refractivity contribution in [1.29, 1.82) is 0 Å². The van der Waals surface area contributed by atoms with Crippen molar-refractivity contribution >= 4 is 45.8 Å². The quantitative estimate of drug-likeness (QED) is 0.757. The molecule has 0 atom stereocenters. The van der Waals surface area contributed by atoms with E-state index in [9.17, 15) is 9.59 Å². The summed E-state index contributed by atoms with van der Waals surface area (Å²) in [6, 6.07) is 14.6. The van der Waals surface area contributed by atoms with E-state index in [1.807, 2.05) is 24.3 Å². The lowest BCUT2D eigenvalue weighted by molar-refractivity contribution is -0.117. The Labute approximate surface area is 142 Å². The molecule has 1 saturated carbocycles. The molecule has 0 bridgehead atoms. The summed E-state index contributed by atoms with van der Waals surface area (Å²) >= 11 is 2.20. The van der Waals surface area contributed by atoms with Crippen LogP contribution in [0.3, 0.4) is 0 Å². The highest BCUT2D eigenvalue weighted by Gasteiger charge is 2.29. The number of anilines is 2. The number of hydrogen-bond donors (Lipinski definition) is 2. The smallest absolute Gasteiger partial charge is 0.255 e. The van der Waals surface area contributed by atoms with Gasteiger partial charge in [0.05, 0.1) is 0 Å². The third kappa shape index (κ3) is 3.85. The molecule has 0 radical (unpaired) electrons. The van der Waals surface area contributed by atoms with Gasteiger partial charge in [-0.1, -0.05) is 6.07 Å². The average molecular weight is 406 g/mol. The Morgan fingerprint density at radius 1 is 0.955 bits per heavy atom. The van der Waals surface area contributed by atoms with Crippen LogP contribution < -0.4 is 10.6 Å². The predicted molar refractivity (Wildman–Crippen MR) is 94.9 cm³/mol. The van der Waals surface area contributed by atoms with Crippen molar-refractivity contribution < 1.29 is 9.59 Å². The van der Waals surface area contributed by atoms with Crippen LogP contribution in [-0.4, -0.2) is 11.8 Å². The minimum atomic E-state index is -0.165. The highest BCUT2D eigenvalue weighted by atomic mass is 127. The molecule has 22 heavy (non-hydrogen) atoms. The van der Waals surface area contributed by atoms with Gasteiger partial charge in [-0.05, 0) is 77.9 Å². The summed E-state index contributed by atoms with van der Waals surface area (Å²) in [5, 5.41) is 5.72. The minimum absolute atomic E-state index is 0.0566. The Balaban J connectivity index is 1.67. The van der Waals surface area contributed by atoms with E-state index in [1.165, 1.54) is 0 Å². The second-order valence-corrected chi connectivity index (χ2v) is 6.55. The van der Waals surface area contributed by atoms with Gasteiger partial charge in [-0.2, -0.15) is 0 Å². The van der Waals surface area contributed by atoms with Crippen LogP contribution in [0.1, 0.15) is 23.2 Å². The minimum Gasteiger partial charge on any atom is -0.326 e. The van der Waals surface area contributed by atoms with Gasteiger partial charge in [-0.3, -0.25) is 9.59 Å². The molecule has 2 N–H and O–H groups in total. The fourth-order valence-electron chi connectivity index (χ4n) is 2.07. The Bertz CT molecular complexity index is 709. The van der Waals surface area contributed by atoms with Crippen LogP contribution in [-0.2, 0) is 4.79 Å². The fraction of sp³-hybridized carbons (Fsp3) is 0.176. The lowest BCUT2D eigenvalue weighted by Crippen LogP contribution is -2.14. The number of carbonyl (C=O) groups is 2. The number of carbonyl (C=O) groups excluding carboxylic acids is 2. The zero-order valence-electron chi connectivity index (χ0n) is 11.8. The summed E-state index contributed by atoms with van der Waals surface area (Å²) < 4.78 is 1.08. The van der Waals surface area contributed by atoms with E-state index in [-0.39, 0.29) is 17.7 Å². The Kier molecular flexibility index (Phi) is 4.42. The molecule has 0 saturated heterocycles. The van der Waals surface area contributed by atoms with Gasteiger partial charge in [-0.25, -0.2) is 0 Å². The van der Waals surface area contributed by atoms with E-state index in [1.54, 1.807) is 24.3 Å². The third-order valence-electron chi connectivity index (χ3n) is 3.44. The molecule has 0 heterocycles. The Morgan fingerprint density at radius 3 is 2.23 bits per heavy atom. The zero-order chi connectivity index (χ0) is 15.5. The molecule has 2 aromatic carbocycles. The molecule has 0 aliphatic heterocycles. The molecule has 0 unspecified atom stereocenters. The van der Waals surface area contributed by atoms with Crippen LogP contribution in [0.25, 0.3) is 0 Å². The Morgan fingerprint density at radius 2 is 1.59 bits per heavy atom. The zero-order valence-corrected chi connectivity index (χ0v) is 14.0. The van der Waals surface area contributed by atoms with Crippen molar-refractivity contribution in [2.45, 2.75) is 12.8 Å². The van der Waals surface area contributed by atoms with Crippen molar-refractivity contribution in [1.82, 2.24) is 0 Å².